The maximum absolute atomic E-state index is 5.52. The van der Waals surface area contributed by atoms with E-state index < -0.39 is 0 Å². The van der Waals surface area contributed by atoms with Crippen molar-refractivity contribution in [2.75, 3.05) is 14.2 Å². The van der Waals surface area contributed by atoms with Crippen molar-refractivity contribution in [3.05, 3.63) is 95.6 Å². The van der Waals surface area contributed by atoms with Gasteiger partial charge in [0.15, 0.2) is 11.5 Å². The Hall–Kier alpha value is -2.74. The molecular weight excluding hydrogens is 296 g/mol. The van der Waals surface area contributed by atoms with Crippen LogP contribution >= 0.6 is 0 Å². The molecule has 0 aliphatic carbocycles. The van der Waals surface area contributed by atoms with Gasteiger partial charge in [-0.25, -0.2) is 0 Å². The maximum atomic E-state index is 5.52. The van der Waals surface area contributed by atoms with Gasteiger partial charge in [0.1, 0.15) is 0 Å². The van der Waals surface area contributed by atoms with Gasteiger partial charge in [-0.1, -0.05) is 66.7 Å². The summed E-state index contributed by atoms with van der Waals surface area (Å²) in [7, 11) is 3.33. The van der Waals surface area contributed by atoms with Crippen LogP contribution in [0.25, 0.3) is 0 Å². The summed E-state index contributed by atoms with van der Waals surface area (Å²) in [6, 6.07) is 27.2. The first kappa shape index (κ1) is 16.1. The third-order valence-electron chi connectivity index (χ3n) is 4.66. The smallest absolute Gasteiger partial charge is 0.161 e. The van der Waals surface area contributed by atoms with Gasteiger partial charge in [0.2, 0.25) is 0 Å². The van der Waals surface area contributed by atoms with Crippen LogP contribution in [0.2, 0.25) is 0 Å². The van der Waals surface area contributed by atoms with Crippen molar-refractivity contribution in [2.24, 2.45) is 0 Å². The van der Waals surface area contributed by atoms with Crippen LogP contribution < -0.4 is 9.47 Å². The van der Waals surface area contributed by atoms with Crippen LogP contribution in [0.4, 0.5) is 0 Å². The third kappa shape index (κ3) is 2.76. The normalized spacial score (nSPS) is 11.1. The summed E-state index contributed by atoms with van der Waals surface area (Å²) in [6.07, 6.45) is 0. The largest absolute Gasteiger partial charge is 0.493 e. The highest BCUT2D eigenvalue weighted by Gasteiger charge is 2.31. The molecule has 2 heteroatoms. The predicted octanol–water partition coefficient (Wildman–Crippen LogP) is 5.06. The second-order valence-corrected chi connectivity index (χ2v) is 5.93. The lowest BCUT2D eigenvalue weighted by molar-refractivity contribution is 0.354. The Morgan fingerprint density at radius 1 is 0.583 bits per heavy atom. The molecule has 24 heavy (non-hydrogen) atoms. The van der Waals surface area contributed by atoms with Crippen molar-refractivity contribution in [1.29, 1.82) is 0 Å². The van der Waals surface area contributed by atoms with Crippen LogP contribution in [0.1, 0.15) is 23.6 Å². The Morgan fingerprint density at radius 3 is 1.54 bits per heavy atom. The molecule has 0 fully saturated rings. The average molecular weight is 318 g/mol. The van der Waals surface area contributed by atoms with Gasteiger partial charge < -0.3 is 9.47 Å². The van der Waals surface area contributed by atoms with Crippen molar-refractivity contribution in [3.8, 4) is 11.5 Å². The van der Waals surface area contributed by atoms with E-state index >= 15 is 0 Å². The molecule has 122 valence electrons. The summed E-state index contributed by atoms with van der Waals surface area (Å²) >= 11 is 0. The first-order valence-electron chi connectivity index (χ1n) is 8.03. The first-order valence-corrected chi connectivity index (χ1v) is 8.03. The second kappa shape index (κ2) is 6.79. The maximum Gasteiger partial charge on any atom is 0.161 e. The Bertz CT molecular complexity index is 755. The van der Waals surface area contributed by atoms with Crippen molar-refractivity contribution >= 4 is 0 Å². The molecule has 2 nitrogen and oxygen atoms in total. The molecule has 0 atom stereocenters. The minimum absolute atomic E-state index is 0.276. The van der Waals surface area contributed by atoms with Gasteiger partial charge in [-0.3, -0.25) is 0 Å². The molecule has 0 aliphatic rings. The number of hydrogen-bond donors (Lipinski definition) is 0. The summed E-state index contributed by atoms with van der Waals surface area (Å²) in [5.41, 5.74) is 3.37. The minimum atomic E-state index is -0.276. The van der Waals surface area contributed by atoms with E-state index in [1.165, 1.54) is 11.1 Å². The minimum Gasteiger partial charge on any atom is -0.493 e. The molecule has 0 N–H and O–H groups in total. The molecule has 0 unspecified atom stereocenters. The summed E-state index contributed by atoms with van der Waals surface area (Å²) in [5, 5.41) is 0. The standard InChI is InChI=1S/C22H22O2/c1-22(17-10-6-4-7-11-17,18-12-8-5-9-13-18)19-14-15-20(23-2)21(16-19)24-3/h4-16H,1-3H3. The zero-order chi connectivity index (χ0) is 17.0. The number of hydrogen-bond acceptors (Lipinski definition) is 2. The molecule has 0 spiro atoms. The SMILES string of the molecule is COc1ccc(C(C)(c2ccccc2)c2ccccc2)cc1OC. The molecule has 0 saturated heterocycles. The lowest BCUT2D eigenvalue weighted by atomic mass is 9.71. The summed E-state index contributed by atoms with van der Waals surface area (Å²) in [6.45, 7) is 2.25. The van der Waals surface area contributed by atoms with E-state index in [0.717, 1.165) is 17.1 Å². The Labute approximate surface area is 143 Å². The fraction of sp³-hybridized carbons (Fsp3) is 0.182. The average Bonchev–Trinajstić information content (AvgIpc) is 2.68. The van der Waals surface area contributed by atoms with E-state index in [1.807, 2.05) is 18.2 Å². The molecule has 0 aliphatic heterocycles. The molecule has 3 rings (SSSR count). The quantitative estimate of drug-likeness (QED) is 0.612. The van der Waals surface area contributed by atoms with Crippen LogP contribution in [0.3, 0.4) is 0 Å². The van der Waals surface area contributed by atoms with Gasteiger partial charge in [-0.2, -0.15) is 0 Å². The molecule has 0 bridgehead atoms. The molecule has 3 aromatic carbocycles. The monoisotopic (exact) mass is 318 g/mol. The van der Waals surface area contributed by atoms with Crippen LogP contribution in [-0.2, 0) is 5.41 Å². The van der Waals surface area contributed by atoms with Gasteiger partial charge in [0.05, 0.1) is 14.2 Å². The lowest BCUT2D eigenvalue weighted by Crippen LogP contribution is -2.25. The van der Waals surface area contributed by atoms with E-state index in [-0.39, 0.29) is 5.41 Å². The van der Waals surface area contributed by atoms with Crippen LogP contribution in [0, 0.1) is 0 Å². The van der Waals surface area contributed by atoms with Gasteiger partial charge in [0.25, 0.3) is 0 Å². The lowest BCUT2D eigenvalue weighted by Gasteiger charge is -2.32. The highest BCUT2D eigenvalue weighted by molar-refractivity contribution is 5.54. The number of rotatable bonds is 5. The van der Waals surface area contributed by atoms with Gasteiger partial charge >= 0.3 is 0 Å². The number of methoxy groups -OCH3 is 2. The van der Waals surface area contributed by atoms with Gasteiger partial charge in [-0.05, 0) is 35.7 Å². The molecular formula is C22H22O2. The van der Waals surface area contributed by atoms with E-state index in [1.54, 1.807) is 14.2 Å². The molecule has 0 aromatic heterocycles. The highest BCUT2D eigenvalue weighted by atomic mass is 16.5. The van der Waals surface area contributed by atoms with E-state index in [4.69, 9.17) is 9.47 Å². The summed E-state index contributed by atoms with van der Waals surface area (Å²) in [5.74, 6) is 1.48. The first-order chi connectivity index (χ1) is 11.7. The summed E-state index contributed by atoms with van der Waals surface area (Å²) < 4.78 is 10.9. The van der Waals surface area contributed by atoms with Crippen LogP contribution in [-0.4, -0.2) is 14.2 Å². The Morgan fingerprint density at radius 2 is 1.08 bits per heavy atom. The molecule has 3 aromatic rings. The third-order valence-corrected chi connectivity index (χ3v) is 4.66. The Kier molecular flexibility index (Phi) is 4.57. The van der Waals surface area contributed by atoms with Crippen LogP contribution in [0.5, 0.6) is 11.5 Å². The number of benzene rings is 3. The van der Waals surface area contributed by atoms with Crippen molar-refractivity contribution < 1.29 is 9.47 Å². The van der Waals surface area contributed by atoms with Crippen molar-refractivity contribution in [3.63, 3.8) is 0 Å². The van der Waals surface area contributed by atoms with E-state index in [0.29, 0.717) is 0 Å². The molecule has 0 amide bonds. The zero-order valence-corrected chi connectivity index (χ0v) is 14.3. The van der Waals surface area contributed by atoms with E-state index in [2.05, 4.69) is 67.6 Å². The van der Waals surface area contributed by atoms with Crippen LogP contribution in [0.15, 0.2) is 78.9 Å². The number of ether oxygens (including phenoxy) is 2. The zero-order valence-electron chi connectivity index (χ0n) is 14.3. The van der Waals surface area contributed by atoms with Crippen molar-refractivity contribution in [2.45, 2.75) is 12.3 Å². The van der Waals surface area contributed by atoms with Gasteiger partial charge in [0, 0.05) is 5.41 Å². The molecule has 0 heterocycles. The van der Waals surface area contributed by atoms with E-state index in [9.17, 15) is 0 Å². The topological polar surface area (TPSA) is 18.5 Å². The predicted molar refractivity (Wildman–Crippen MR) is 98.0 cm³/mol. The van der Waals surface area contributed by atoms with Crippen molar-refractivity contribution in [1.82, 2.24) is 0 Å². The fourth-order valence-corrected chi connectivity index (χ4v) is 3.19. The molecule has 0 saturated carbocycles. The fourth-order valence-electron chi connectivity index (χ4n) is 3.19. The Balaban J connectivity index is 2.23. The second-order valence-electron chi connectivity index (χ2n) is 5.93. The van der Waals surface area contributed by atoms with Gasteiger partial charge in [-0.15, -0.1) is 0 Å². The summed E-state index contributed by atoms with van der Waals surface area (Å²) in [4.78, 5) is 0. The highest BCUT2D eigenvalue weighted by Crippen LogP contribution is 2.41. The molecule has 0 radical (unpaired) electrons.